The first-order chi connectivity index (χ1) is 13.5. The van der Waals surface area contributed by atoms with Crippen molar-refractivity contribution in [3.63, 3.8) is 0 Å². The van der Waals surface area contributed by atoms with Gasteiger partial charge in [0.25, 0.3) is 0 Å². The second-order valence-electron chi connectivity index (χ2n) is 6.47. The van der Waals surface area contributed by atoms with Crippen molar-refractivity contribution >= 4 is 23.2 Å². The van der Waals surface area contributed by atoms with E-state index in [-0.39, 0.29) is 11.8 Å². The van der Waals surface area contributed by atoms with Crippen LogP contribution in [0.3, 0.4) is 0 Å². The Hall–Kier alpha value is -3.60. The van der Waals surface area contributed by atoms with Crippen LogP contribution >= 0.6 is 0 Å². The first kappa shape index (κ1) is 19.2. The van der Waals surface area contributed by atoms with Crippen LogP contribution in [0.15, 0.2) is 72.8 Å². The maximum atomic E-state index is 11.5. The summed E-state index contributed by atoms with van der Waals surface area (Å²) in [5, 5.41) is 5.60. The second-order valence-corrected chi connectivity index (χ2v) is 6.47. The summed E-state index contributed by atoms with van der Waals surface area (Å²) in [4.78, 5) is 22.6. The Bertz CT molecular complexity index is 967. The zero-order chi connectivity index (χ0) is 19.9. The van der Waals surface area contributed by atoms with Crippen molar-refractivity contribution < 1.29 is 14.3 Å². The van der Waals surface area contributed by atoms with Crippen molar-refractivity contribution in [3.8, 4) is 11.5 Å². The van der Waals surface area contributed by atoms with Crippen LogP contribution in [0.1, 0.15) is 25.0 Å². The topological polar surface area (TPSA) is 67.4 Å². The van der Waals surface area contributed by atoms with E-state index in [0.717, 1.165) is 16.8 Å². The summed E-state index contributed by atoms with van der Waals surface area (Å²) in [6, 6.07) is 22.8. The zero-order valence-electron chi connectivity index (χ0n) is 15.9. The number of rotatable bonds is 6. The minimum absolute atomic E-state index is 0.114. The third-order valence-corrected chi connectivity index (χ3v) is 4.04. The van der Waals surface area contributed by atoms with E-state index in [1.165, 1.54) is 13.8 Å². The summed E-state index contributed by atoms with van der Waals surface area (Å²) in [5.41, 5.74) is 3.59. The van der Waals surface area contributed by atoms with Crippen molar-refractivity contribution in [2.45, 2.75) is 20.3 Å². The molecule has 142 valence electrons. The molecule has 0 saturated carbocycles. The van der Waals surface area contributed by atoms with Crippen LogP contribution in [0, 0.1) is 0 Å². The molecule has 2 N–H and O–H groups in total. The number of nitrogens with one attached hydrogen (secondary N) is 2. The van der Waals surface area contributed by atoms with Crippen molar-refractivity contribution in [2.24, 2.45) is 0 Å². The number of carbonyl (C=O) groups excluding carboxylic acids is 2. The lowest BCUT2D eigenvalue weighted by Crippen LogP contribution is -2.08. The Morgan fingerprint density at radius 2 is 1.43 bits per heavy atom. The summed E-state index contributed by atoms with van der Waals surface area (Å²) in [7, 11) is 0. The molecule has 2 amide bonds. The highest BCUT2D eigenvalue weighted by Crippen LogP contribution is 2.29. The van der Waals surface area contributed by atoms with Gasteiger partial charge in [0.2, 0.25) is 11.8 Å². The number of amides is 2. The van der Waals surface area contributed by atoms with Gasteiger partial charge in [-0.05, 0) is 60.0 Å². The lowest BCUT2D eigenvalue weighted by atomic mass is 10.0. The fourth-order valence-corrected chi connectivity index (χ4v) is 2.85. The quantitative estimate of drug-likeness (QED) is 0.639. The fraction of sp³-hybridized carbons (Fsp3) is 0.130. The van der Waals surface area contributed by atoms with Crippen molar-refractivity contribution in [2.75, 3.05) is 10.6 Å². The molecule has 5 nitrogen and oxygen atoms in total. The second kappa shape index (κ2) is 8.86. The van der Waals surface area contributed by atoms with Crippen molar-refractivity contribution in [1.29, 1.82) is 0 Å². The Morgan fingerprint density at radius 3 is 2.07 bits per heavy atom. The third-order valence-electron chi connectivity index (χ3n) is 4.04. The van der Waals surface area contributed by atoms with Gasteiger partial charge in [-0.2, -0.15) is 0 Å². The van der Waals surface area contributed by atoms with Gasteiger partial charge in [-0.3, -0.25) is 9.59 Å². The summed E-state index contributed by atoms with van der Waals surface area (Å²) in [5.74, 6) is 1.10. The molecule has 3 aromatic rings. The molecule has 3 aromatic carbocycles. The monoisotopic (exact) mass is 374 g/mol. The van der Waals surface area contributed by atoms with E-state index in [1.807, 2.05) is 48.5 Å². The SMILES string of the molecule is CC(=O)Nc1ccc(Oc2ccc(NC(C)=O)c(Cc3ccccc3)c2)cc1. The Morgan fingerprint density at radius 1 is 0.786 bits per heavy atom. The van der Waals surface area contributed by atoms with E-state index in [1.54, 1.807) is 24.3 Å². The predicted octanol–water partition coefficient (Wildman–Crippen LogP) is 4.99. The molecular formula is C23H22N2O3. The van der Waals surface area contributed by atoms with Gasteiger partial charge in [0.15, 0.2) is 0 Å². The molecule has 0 saturated heterocycles. The Kier molecular flexibility index (Phi) is 6.07. The number of ether oxygens (including phenoxy) is 1. The molecule has 0 aliphatic heterocycles. The van der Waals surface area contributed by atoms with Gasteiger partial charge in [0.05, 0.1) is 0 Å². The van der Waals surface area contributed by atoms with Crippen LogP contribution in [-0.4, -0.2) is 11.8 Å². The number of carbonyl (C=O) groups is 2. The minimum atomic E-state index is -0.118. The largest absolute Gasteiger partial charge is 0.457 e. The molecule has 0 aromatic heterocycles. The predicted molar refractivity (Wildman–Crippen MR) is 111 cm³/mol. The molecule has 28 heavy (non-hydrogen) atoms. The smallest absolute Gasteiger partial charge is 0.221 e. The number of anilines is 2. The summed E-state index contributed by atoms with van der Waals surface area (Å²) in [6.45, 7) is 2.96. The highest BCUT2D eigenvalue weighted by atomic mass is 16.5. The molecule has 0 unspecified atom stereocenters. The molecule has 0 bridgehead atoms. The number of hydrogen-bond donors (Lipinski definition) is 2. The molecule has 5 heteroatoms. The number of hydrogen-bond acceptors (Lipinski definition) is 3. The van der Waals surface area contributed by atoms with Crippen molar-refractivity contribution in [1.82, 2.24) is 0 Å². The van der Waals surface area contributed by atoms with E-state index >= 15 is 0 Å². The van der Waals surface area contributed by atoms with Gasteiger partial charge in [0.1, 0.15) is 11.5 Å². The van der Waals surface area contributed by atoms with E-state index in [0.29, 0.717) is 23.6 Å². The van der Waals surface area contributed by atoms with E-state index in [2.05, 4.69) is 10.6 Å². The Balaban J connectivity index is 1.82. The Labute approximate surface area is 164 Å². The van der Waals surface area contributed by atoms with Crippen LogP contribution in [0.25, 0.3) is 0 Å². The van der Waals surface area contributed by atoms with Gasteiger partial charge >= 0.3 is 0 Å². The molecule has 0 fully saturated rings. The fourth-order valence-electron chi connectivity index (χ4n) is 2.85. The van der Waals surface area contributed by atoms with Crippen LogP contribution in [0.5, 0.6) is 11.5 Å². The minimum Gasteiger partial charge on any atom is -0.457 e. The van der Waals surface area contributed by atoms with Gasteiger partial charge in [0, 0.05) is 25.2 Å². The van der Waals surface area contributed by atoms with Gasteiger partial charge in [-0.15, -0.1) is 0 Å². The standard InChI is InChI=1S/C23H22N2O3/c1-16(26)24-20-8-10-21(11-9-20)28-22-12-13-23(25-17(2)27)19(15-22)14-18-6-4-3-5-7-18/h3-13,15H,14H2,1-2H3,(H,24,26)(H,25,27). The lowest BCUT2D eigenvalue weighted by Gasteiger charge is -2.13. The van der Waals surface area contributed by atoms with E-state index < -0.39 is 0 Å². The third kappa shape index (κ3) is 5.45. The molecular weight excluding hydrogens is 352 g/mol. The molecule has 0 aliphatic rings. The number of benzene rings is 3. The zero-order valence-corrected chi connectivity index (χ0v) is 15.9. The summed E-state index contributed by atoms with van der Waals surface area (Å²) in [6.07, 6.45) is 0.676. The van der Waals surface area contributed by atoms with E-state index in [4.69, 9.17) is 4.74 Å². The molecule has 0 spiro atoms. The summed E-state index contributed by atoms with van der Waals surface area (Å²) >= 11 is 0. The molecule has 0 atom stereocenters. The highest BCUT2D eigenvalue weighted by molar-refractivity contribution is 5.90. The molecule has 0 heterocycles. The van der Waals surface area contributed by atoms with Gasteiger partial charge < -0.3 is 15.4 Å². The lowest BCUT2D eigenvalue weighted by molar-refractivity contribution is -0.115. The van der Waals surface area contributed by atoms with Gasteiger partial charge in [-0.1, -0.05) is 30.3 Å². The average molecular weight is 374 g/mol. The average Bonchev–Trinajstić information content (AvgIpc) is 2.65. The van der Waals surface area contributed by atoms with Crippen molar-refractivity contribution in [3.05, 3.63) is 83.9 Å². The first-order valence-corrected chi connectivity index (χ1v) is 8.99. The maximum Gasteiger partial charge on any atom is 0.221 e. The molecule has 0 radical (unpaired) electrons. The molecule has 0 aliphatic carbocycles. The highest BCUT2D eigenvalue weighted by Gasteiger charge is 2.08. The maximum absolute atomic E-state index is 11.5. The van der Waals surface area contributed by atoms with Crippen LogP contribution in [0.2, 0.25) is 0 Å². The van der Waals surface area contributed by atoms with Gasteiger partial charge in [-0.25, -0.2) is 0 Å². The first-order valence-electron chi connectivity index (χ1n) is 8.99. The molecule has 3 rings (SSSR count). The van der Waals surface area contributed by atoms with Crippen LogP contribution in [-0.2, 0) is 16.0 Å². The van der Waals surface area contributed by atoms with Crippen LogP contribution in [0.4, 0.5) is 11.4 Å². The summed E-state index contributed by atoms with van der Waals surface area (Å²) < 4.78 is 5.95. The normalized spacial score (nSPS) is 10.2. The van der Waals surface area contributed by atoms with E-state index in [9.17, 15) is 9.59 Å². The van der Waals surface area contributed by atoms with Crippen LogP contribution < -0.4 is 15.4 Å².